The summed E-state index contributed by atoms with van der Waals surface area (Å²) in [5, 5.41) is 19.1. The van der Waals surface area contributed by atoms with Crippen molar-refractivity contribution in [2.24, 2.45) is 0 Å². The molecular weight excluding hydrogens is 330 g/mol. The summed E-state index contributed by atoms with van der Waals surface area (Å²) in [6.45, 7) is 0. The summed E-state index contributed by atoms with van der Waals surface area (Å²) in [6, 6.07) is 6.62. The minimum atomic E-state index is -0.687. The van der Waals surface area contributed by atoms with E-state index in [0.717, 1.165) is 31.2 Å². The standard InChI is InChI=1S/C21H31NO4/c23-21(24)14-12-10-8-6-4-2-1-3-5-7-9-11-13-19-15-17-20(18-16-19)22(25)26/h11,13,15-18H,1-10,12,14H2,(H,23,24). The van der Waals surface area contributed by atoms with Gasteiger partial charge in [0, 0.05) is 18.6 Å². The molecule has 1 aromatic rings. The molecule has 0 saturated carbocycles. The fourth-order valence-electron chi connectivity index (χ4n) is 2.88. The Hall–Kier alpha value is -2.17. The summed E-state index contributed by atoms with van der Waals surface area (Å²) in [4.78, 5) is 20.6. The molecule has 0 heterocycles. The van der Waals surface area contributed by atoms with Crippen LogP contribution in [0.15, 0.2) is 30.3 Å². The normalized spacial score (nSPS) is 11.1. The molecule has 144 valence electrons. The minimum Gasteiger partial charge on any atom is -0.481 e. The summed E-state index contributed by atoms with van der Waals surface area (Å²) in [5.41, 5.74) is 1.13. The average molecular weight is 361 g/mol. The smallest absolute Gasteiger partial charge is 0.303 e. The lowest BCUT2D eigenvalue weighted by molar-refractivity contribution is -0.384. The number of carboxylic acid groups (broad SMARTS) is 1. The molecule has 1 aromatic carbocycles. The molecule has 0 atom stereocenters. The second kappa shape index (κ2) is 14.0. The summed E-state index contributed by atoms with van der Waals surface area (Å²) >= 11 is 0. The van der Waals surface area contributed by atoms with Crippen LogP contribution >= 0.6 is 0 Å². The van der Waals surface area contributed by atoms with E-state index >= 15 is 0 Å². The molecule has 0 fully saturated rings. The molecular formula is C21H31NO4. The molecule has 1 N–H and O–H groups in total. The maximum Gasteiger partial charge on any atom is 0.303 e. The van der Waals surface area contributed by atoms with Crippen LogP contribution < -0.4 is 0 Å². The van der Waals surface area contributed by atoms with Crippen LogP contribution in [0.5, 0.6) is 0 Å². The molecule has 5 nitrogen and oxygen atoms in total. The molecule has 0 radical (unpaired) electrons. The fourth-order valence-corrected chi connectivity index (χ4v) is 2.88. The molecule has 0 bridgehead atoms. The molecule has 0 unspecified atom stereocenters. The van der Waals surface area contributed by atoms with E-state index in [1.807, 2.05) is 6.08 Å². The average Bonchev–Trinajstić information content (AvgIpc) is 2.62. The molecule has 0 aromatic heterocycles. The highest BCUT2D eigenvalue weighted by molar-refractivity contribution is 5.66. The van der Waals surface area contributed by atoms with Crippen LogP contribution in [0.25, 0.3) is 6.08 Å². The van der Waals surface area contributed by atoms with Crippen molar-refractivity contribution in [1.29, 1.82) is 0 Å². The number of carboxylic acids is 1. The molecule has 5 heteroatoms. The van der Waals surface area contributed by atoms with Crippen LogP contribution in [0, 0.1) is 10.1 Å². The Morgan fingerprint density at radius 3 is 1.88 bits per heavy atom. The highest BCUT2D eigenvalue weighted by Gasteiger charge is 2.02. The minimum absolute atomic E-state index is 0.127. The first-order valence-corrected chi connectivity index (χ1v) is 9.72. The number of benzene rings is 1. The lowest BCUT2D eigenvalue weighted by Crippen LogP contribution is -1.93. The third kappa shape index (κ3) is 11.4. The molecule has 0 saturated heterocycles. The van der Waals surface area contributed by atoms with Crippen LogP contribution in [-0.2, 0) is 4.79 Å². The predicted molar refractivity (Wildman–Crippen MR) is 105 cm³/mol. The van der Waals surface area contributed by atoms with Crippen LogP contribution in [0.2, 0.25) is 0 Å². The summed E-state index contributed by atoms with van der Waals surface area (Å²) < 4.78 is 0. The van der Waals surface area contributed by atoms with Gasteiger partial charge in [0.15, 0.2) is 0 Å². The van der Waals surface area contributed by atoms with Crippen molar-refractivity contribution in [3.05, 3.63) is 46.0 Å². The maximum atomic E-state index is 10.6. The highest BCUT2D eigenvalue weighted by atomic mass is 16.6. The van der Waals surface area contributed by atoms with E-state index < -0.39 is 5.97 Å². The number of aliphatic carboxylic acids is 1. The molecule has 26 heavy (non-hydrogen) atoms. The Kier molecular flexibility index (Phi) is 11.8. The Balaban J connectivity index is 1.91. The Morgan fingerprint density at radius 2 is 1.38 bits per heavy atom. The number of nitro benzene ring substituents is 1. The van der Waals surface area contributed by atoms with E-state index in [-0.39, 0.29) is 10.6 Å². The van der Waals surface area contributed by atoms with Gasteiger partial charge in [0.25, 0.3) is 5.69 Å². The number of allylic oxidation sites excluding steroid dienone is 1. The predicted octanol–water partition coefficient (Wildman–Crippen LogP) is 6.37. The Labute approximate surface area is 156 Å². The second-order valence-corrected chi connectivity index (χ2v) is 6.72. The Morgan fingerprint density at radius 1 is 0.885 bits per heavy atom. The van der Waals surface area contributed by atoms with Gasteiger partial charge in [-0.2, -0.15) is 0 Å². The molecule has 0 spiro atoms. The van der Waals surface area contributed by atoms with Crippen molar-refractivity contribution in [2.45, 2.75) is 77.0 Å². The van der Waals surface area contributed by atoms with Gasteiger partial charge in [-0.3, -0.25) is 14.9 Å². The van der Waals surface area contributed by atoms with Gasteiger partial charge in [-0.25, -0.2) is 0 Å². The summed E-state index contributed by atoms with van der Waals surface area (Å²) in [7, 11) is 0. The highest BCUT2D eigenvalue weighted by Crippen LogP contribution is 2.14. The molecule has 1 rings (SSSR count). The zero-order valence-electron chi connectivity index (χ0n) is 15.6. The third-order valence-electron chi connectivity index (χ3n) is 4.43. The van der Waals surface area contributed by atoms with E-state index in [0.29, 0.717) is 6.42 Å². The van der Waals surface area contributed by atoms with Crippen molar-refractivity contribution in [3.63, 3.8) is 0 Å². The first-order valence-electron chi connectivity index (χ1n) is 9.72. The molecule has 0 aliphatic carbocycles. The summed E-state index contributed by atoms with van der Waals surface area (Å²) in [5.74, 6) is -0.687. The molecule has 0 amide bonds. The number of nitro groups is 1. The van der Waals surface area contributed by atoms with Crippen LogP contribution in [0.4, 0.5) is 5.69 Å². The van der Waals surface area contributed by atoms with E-state index in [2.05, 4.69) is 6.08 Å². The van der Waals surface area contributed by atoms with Gasteiger partial charge in [-0.15, -0.1) is 0 Å². The van der Waals surface area contributed by atoms with E-state index in [9.17, 15) is 14.9 Å². The quantitative estimate of drug-likeness (QED) is 0.223. The number of unbranched alkanes of at least 4 members (excludes halogenated alkanes) is 10. The number of hydrogen-bond donors (Lipinski definition) is 1. The van der Waals surface area contributed by atoms with Crippen molar-refractivity contribution < 1.29 is 14.8 Å². The van der Waals surface area contributed by atoms with Crippen molar-refractivity contribution >= 4 is 17.7 Å². The van der Waals surface area contributed by atoms with Gasteiger partial charge < -0.3 is 5.11 Å². The fraction of sp³-hybridized carbons (Fsp3) is 0.571. The van der Waals surface area contributed by atoms with E-state index in [1.165, 1.54) is 57.1 Å². The van der Waals surface area contributed by atoms with E-state index in [1.54, 1.807) is 12.1 Å². The van der Waals surface area contributed by atoms with Crippen LogP contribution in [0.3, 0.4) is 0 Å². The first-order chi connectivity index (χ1) is 12.6. The van der Waals surface area contributed by atoms with Crippen molar-refractivity contribution in [3.8, 4) is 0 Å². The number of non-ortho nitro benzene ring substituents is 1. The largest absolute Gasteiger partial charge is 0.481 e. The third-order valence-corrected chi connectivity index (χ3v) is 4.43. The van der Waals surface area contributed by atoms with Crippen molar-refractivity contribution in [1.82, 2.24) is 0 Å². The first kappa shape index (κ1) is 21.9. The zero-order valence-corrected chi connectivity index (χ0v) is 15.6. The topological polar surface area (TPSA) is 80.4 Å². The SMILES string of the molecule is O=C(O)CCCCCCCCCCCCC=Cc1ccc([N+](=O)[O-])cc1. The zero-order chi connectivity index (χ0) is 19.0. The maximum absolute atomic E-state index is 10.6. The van der Waals surface area contributed by atoms with Gasteiger partial charge in [0.2, 0.25) is 0 Å². The number of hydrogen-bond acceptors (Lipinski definition) is 3. The van der Waals surface area contributed by atoms with E-state index in [4.69, 9.17) is 5.11 Å². The Bertz CT molecular complexity index is 552. The second-order valence-electron chi connectivity index (χ2n) is 6.72. The number of rotatable bonds is 15. The molecule has 0 aliphatic rings. The van der Waals surface area contributed by atoms with Crippen LogP contribution in [-0.4, -0.2) is 16.0 Å². The van der Waals surface area contributed by atoms with Gasteiger partial charge in [0.05, 0.1) is 4.92 Å². The van der Waals surface area contributed by atoms with Gasteiger partial charge in [-0.05, 0) is 37.0 Å². The van der Waals surface area contributed by atoms with Crippen LogP contribution in [0.1, 0.15) is 82.6 Å². The summed E-state index contributed by atoms with van der Waals surface area (Å²) in [6.07, 6.45) is 17.2. The number of nitrogens with zero attached hydrogens (tertiary/aromatic N) is 1. The monoisotopic (exact) mass is 361 g/mol. The van der Waals surface area contributed by atoms with Gasteiger partial charge >= 0.3 is 5.97 Å². The lowest BCUT2D eigenvalue weighted by atomic mass is 10.0. The van der Waals surface area contributed by atoms with Crippen molar-refractivity contribution in [2.75, 3.05) is 0 Å². The number of carbonyl (C=O) groups is 1. The lowest BCUT2D eigenvalue weighted by Gasteiger charge is -2.02. The van der Waals surface area contributed by atoms with Gasteiger partial charge in [0.1, 0.15) is 0 Å². The molecule has 0 aliphatic heterocycles. The van der Waals surface area contributed by atoms with Gasteiger partial charge in [-0.1, -0.05) is 63.5 Å².